The molecule has 1 aliphatic heterocycles. The third kappa shape index (κ3) is 4.59. The molecular weight excluding hydrogens is 447 g/mol. The molecular formula is C20H26F3N5O3S. The molecule has 1 aliphatic rings. The summed E-state index contributed by atoms with van der Waals surface area (Å²) in [6, 6.07) is 3.79. The number of rotatable bonds is 4. The van der Waals surface area contributed by atoms with Gasteiger partial charge in [0.15, 0.2) is 10.7 Å². The second kappa shape index (κ2) is 8.38. The van der Waals surface area contributed by atoms with E-state index in [9.17, 15) is 26.4 Å². The van der Waals surface area contributed by atoms with Crippen molar-refractivity contribution < 1.29 is 26.4 Å². The molecule has 0 aliphatic carbocycles. The minimum atomic E-state index is -4.73. The summed E-state index contributed by atoms with van der Waals surface area (Å²) in [5.74, 6) is -0.346. The molecule has 2 aromatic rings. The van der Waals surface area contributed by atoms with Gasteiger partial charge in [-0.2, -0.15) is 18.3 Å². The van der Waals surface area contributed by atoms with E-state index in [-0.39, 0.29) is 11.9 Å². The van der Waals surface area contributed by atoms with Crippen molar-refractivity contribution in [2.45, 2.75) is 49.6 Å². The highest BCUT2D eigenvalue weighted by atomic mass is 32.2. The number of nitrogens with zero attached hydrogens (tertiary/aromatic N) is 4. The first-order valence-corrected chi connectivity index (χ1v) is 11.6. The largest absolute Gasteiger partial charge is 0.435 e. The molecule has 3 rings (SSSR count). The molecule has 2 amide bonds. The molecule has 1 fully saturated rings. The Morgan fingerprint density at radius 1 is 1.19 bits per heavy atom. The first-order chi connectivity index (χ1) is 14.7. The van der Waals surface area contributed by atoms with Gasteiger partial charge in [0.05, 0.1) is 16.6 Å². The maximum atomic E-state index is 13.3. The molecule has 0 spiro atoms. The van der Waals surface area contributed by atoms with Crippen LogP contribution in [0.15, 0.2) is 29.4 Å². The Bertz CT molecular complexity index is 1090. The number of likely N-dealkylation sites (tertiary alicyclic amines) is 1. The normalized spacial score (nSPS) is 16.3. The monoisotopic (exact) mass is 473 g/mol. The Labute approximate surface area is 184 Å². The van der Waals surface area contributed by atoms with E-state index in [2.05, 4.69) is 15.4 Å². The van der Waals surface area contributed by atoms with E-state index in [1.165, 1.54) is 20.9 Å². The predicted molar refractivity (Wildman–Crippen MR) is 112 cm³/mol. The van der Waals surface area contributed by atoms with Gasteiger partial charge < -0.3 is 10.2 Å². The molecule has 0 radical (unpaired) electrons. The van der Waals surface area contributed by atoms with Crippen LogP contribution in [0.4, 0.5) is 23.7 Å². The van der Waals surface area contributed by atoms with Gasteiger partial charge in [-0.05, 0) is 51.7 Å². The van der Waals surface area contributed by atoms with E-state index in [0.29, 0.717) is 37.7 Å². The molecule has 32 heavy (non-hydrogen) atoms. The van der Waals surface area contributed by atoms with Gasteiger partial charge in [0.2, 0.25) is 9.84 Å². The molecule has 176 valence electrons. The minimum Gasteiger partial charge on any atom is -0.325 e. The smallest absolute Gasteiger partial charge is 0.325 e. The number of carbonyl (C=O) groups excluding carboxylic acids is 1. The van der Waals surface area contributed by atoms with Gasteiger partial charge >= 0.3 is 12.2 Å². The highest BCUT2D eigenvalue weighted by Gasteiger charge is 2.47. The summed E-state index contributed by atoms with van der Waals surface area (Å²) in [5.41, 5.74) is 0.136. The van der Waals surface area contributed by atoms with Crippen molar-refractivity contribution in [1.82, 2.24) is 19.7 Å². The average molecular weight is 474 g/mol. The summed E-state index contributed by atoms with van der Waals surface area (Å²) in [4.78, 5) is 18.2. The van der Waals surface area contributed by atoms with Crippen molar-refractivity contribution in [3.05, 3.63) is 35.8 Å². The lowest BCUT2D eigenvalue weighted by molar-refractivity contribution is -0.141. The number of urea groups is 1. The average Bonchev–Trinajstić information content (AvgIpc) is 3.12. The summed E-state index contributed by atoms with van der Waals surface area (Å²) in [7, 11) is -2.94. The lowest BCUT2D eigenvalue weighted by Gasteiger charge is -2.40. The summed E-state index contributed by atoms with van der Waals surface area (Å²) in [5, 5.41) is 5.62. The number of halogens is 3. The summed E-state index contributed by atoms with van der Waals surface area (Å²) in [6.07, 6.45) is -2.38. The molecule has 0 unspecified atom stereocenters. The SMILES string of the molecule is Cc1ccc(NC(=O)N2CCC(C(C)(C)S(=O)(=O)c3cc(C(F)(F)F)nn3C)CC2)cn1. The van der Waals surface area contributed by atoms with E-state index in [0.717, 1.165) is 10.4 Å². The summed E-state index contributed by atoms with van der Waals surface area (Å²) >= 11 is 0. The number of anilines is 1. The van der Waals surface area contributed by atoms with Gasteiger partial charge in [-0.25, -0.2) is 13.2 Å². The number of hydrogen-bond acceptors (Lipinski definition) is 5. The zero-order valence-corrected chi connectivity index (χ0v) is 19.1. The van der Waals surface area contributed by atoms with Crippen molar-refractivity contribution in [3.8, 4) is 0 Å². The lowest BCUT2D eigenvalue weighted by Crippen LogP contribution is -2.48. The third-order valence-corrected chi connectivity index (χ3v) is 8.67. The molecule has 1 saturated heterocycles. The van der Waals surface area contributed by atoms with Gasteiger partial charge in [0, 0.05) is 31.9 Å². The Kier molecular flexibility index (Phi) is 6.29. The Morgan fingerprint density at radius 3 is 2.31 bits per heavy atom. The fraction of sp³-hybridized carbons (Fsp3) is 0.550. The minimum absolute atomic E-state index is 0.309. The maximum Gasteiger partial charge on any atom is 0.435 e. The Hall–Kier alpha value is -2.63. The third-order valence-electron chi connectivity index (χ3n) is 6.02. The lowest BCUT2D eigenvalue weighted by atomic mass is 9.86. The molecule has 3 heterocycles. The highest BCUT2D eigenvalue weighted by molar-refractivity contribution is 7.92. The van der Waals surface area contributed by atoms with Gasteiger partial charge in [0.25, 0.3) is 0 Å². The Morgan fingerprint density at radius 2 is 1.81 bits per heavy atom. The van der Waals surface area contributed by atoms with E-state index in [4.69, 9.17) is 0 Å². The molecule has 0 atom stereocenters. The van der Waals surface area contributed by atoms with E-state index >= 15 is 0 Å². The number of aryl methyl sites for hydroxylation is 2. The molecule has 1 N–H and O–H groups in total. The topological polar surface area (TPSA) is 97.2 Å². The molecule has 0 saturated carbocycles. The number of pyridine rings is 1. The van der Waals surface area contributed by atoms with Crippen molar-refractivity contribution in [2.75, 3.05) is 18.4 Å². The molecule has 8 nitrogen and oxygen atoms in total. The first kappa shape index (κ1) is 24.0. The maximum absolute atomic E-state index is 13.3. The summed E-state index contributed by atoms with van der Waals surface area (Å²) in [6.45, 7) is 5.52. The first-order valence-electron chi connectivity index (χ1n) is 10.1. The second-order valence-electron chi connectivity index (χ2n) is 8.48. The van der Waals surface area contributed by atoms with Gasteiger partial charge in [0.1, 0.15) is 0 Å². The van der Waals surface area contributed by atoms with Crippen LogP contribution in [0, 0.1) is 12.8 Å². The molecule has 0 bridgehead atoms. The van der Waals surface area contributed by atoms with Gasteiger partial charge in [-0.3, -0.25) is 9.67 Å². The number of hydrogen-bond donors (Lipinski definition) is 1. The number of carbonyl (C=O) groups is 1. The number of piperidine rings is 1. The van der Waals surface area contributed by atoms with Crippen LogP contribution < -0.4 is 5.32 Å². The number of amides is 2. The molecule has 12 heteroatoms. The highest BCUT2D eigenvalue weighted by Crippen LogP contribution is 2.39. The summed E-state index contributed by atoms with van der Waals surface area (Å²) < 4.78 is 65.0. The fourth-order valence-corrected chi connectivity index (χ4v) is 5.72. The van der Waals surface area contributed by atoms with Crippen LogP contribution in [0.2, 0.25) is 0 Å². The van der Waals surface area contributed by atoms with Crippen molar-refractivity contribution in [2.24, 2.45) is 13.0 Å². The van der Waals surface area contributed by atoms with Crippen LogP contribution in [0.1, 0.15) is 38.1 Å². The number of alkyl halides is 3. The van der Waals surface area contributed by atoms with Crippen molar-refractivity contribution in [1.29, 1.82) is 0 Å². The van der Waals surface area contributed by atoms with E-state index < -0.39 is 31.5 Å². The Balaban J connectivity index is 1.70. The van der Waals surface area contributed by atoms with Crippen LogP contribution in [-0.4, -0.2) is 51.9 Å². The van der Waals surface area contributed by atoms with Gasteiger partial charge in [-0.15, -0.1) is 0 Å². The molecule has 0 aromatic carbocycles. The number of sulfone groups is 1. The van der Waals surface area contributed by atoms with Crippen LogP contribution in [0.3, 0.4) is 0 Å². The number of nitrogens with one attached hydrogen (secondary N) is 1. The quantitative estimate of drug-likeness (QED) is 0.731. The van der Waals surface area contributed by atoms with Crippen LogP contribution in [0.5, 0.6) is 0 Å². The second-order valence-corrected chi connectivity index (χ2v) is 11.0. The van der Waals surface area contributed by atoms with Gasteiger partial charge in [-0.1, -0.05) is 0 Å². The van der Waals surface area contributed by atoms with Crippen LogP contribution >= 0.6 is 0 Å². The predicted octanol–water partition coefficient (Wildman–Crippen LogP) is 3.64. The van der Waals surface area contributed by atoms with E-state index in [1.807, 2.05) is 6.92 Å². The number of aromatic nitrogens is 3. The standard InChI is InChI=1S/C20H26F3N5O3S/c1-13-5-6-15(12-24-13)25-18(29)28-9-7-14(8-10-28)19(2,3)32(30,31)17-11-16(20(21,22)23)26-27(17)4/h5-6,11-12,14H,7-10H2,1-4H3,(H,25,29). The zero-order valence-electron chi connectivity index (χ0n) is 18.3. The van der Waals surface area contributed by atoms with Crippen molar-refractivity contribution in [3.63, 3.8) is 0 Å². The van der Waals surface area contributed by atoms with Crippen LogP contribution in [0.25, 0.3) is 0 Å². The fourth-order valence-electron chi connectivity index (χ4n) is 3.85. The zero-order chi connectivity index (χ0) is 23.9. The van der Waals surface area contributed by atoms with E-state index in [1.54, 1.807) is 23.2 Å². The van der Waals surface area contributed by atoms with Crippen LogP contribution in [-0.2, 0) is 23.1 Å². The molecule has 2 aromatic heterocycles. The van der Waals surface area contributed by atoms with Crippen molar-refractivity contribution >= 4 is 21.6 Å².